The zero-order chi connectivity index (χ0) is 14.9. The Morgan fingerprint density at radius 2 is 1.60 bits per heavy atom. The minimum absolute atomic E-state index is 0.0121. The van der Waals surface area contributed by atoms with E-state index in [1.165, 1.54) is 18.2 Å². The van der Waals surface area contributed by atoms with Gasteiger partial charge in [-0.1, -0.05) is 12.1 Å². The second-order valence-corrected chi connectivity index (χ2v) is 4.85. The van der Waals surface area contributed by atoms with Crippen molar-refractivity contribution in [2.24, 2.45) is 0 Å². The van der Waals surface area contributed by atoms with Gasteiger partial charge in [0.15, 0.2) is 0 Å². The standard InChI is InChI=1S/C16H15F3O/c1-10-4-7-14(15(17)8-10)16(18,19)20-13-6-5-11(2)12(3)9-13/h4-9H,1-3H3. The summed E-state index contributed by atoms with van der Waals surface area (Å²) in [6.45, 7) is 5.30. The molecule has 2 aromatic rings. The van der Waals surface area contributed by atoms with Gasteiger partial charge in [-0.25, -0.2) is 4.39 Å². The van der Waals surface area contributed by atoms with Gasteiger partial charge in [-0.05, 0) is 61.7 Å². The summed E-state index contributed by atoms with van der Waals surface area (Å²) in [6, 6.07) is 8.18. The van der Waals surface area contributed by atoms with Crippen LogP contribution in [0.4, 0.5) is 13.2 Å². The molecule has 0 saturated heterocycles. The van der Waals surface area contributed by atoms with E-state index in [4.69, 9.17) is 0 Å². The van der Waals surface area contributed by atoms with E-state index in [1.54, 1.807) is 19.9 Å². The van der Waals surface area contributed by atoms with Crippen molar-refractivity contribution >= 4 is 0 Å². The summed E-state index contributed by atoms with van der Waals surface area (Å²) in [5.74, 6) is -0.961. The molecule has 0 fully saturated rings. The maximum atomic E-state index is 14.0. The summed E-state index contributed by atoms with van der Waals surface area (Å²) < 4.78 is 46.3. The number of hydrogen-bond donors (Lipinski definition) is 0. The van der Waals surface area contributed by atoms with E-state index in [1.807, 2.05) is 6.92 Å². The molecule has 2 aromatic carbocycles. The molecule has 0 radical (unpaired) electrons. The van der Waals surface area contributed by atoms with E-state index in [2.05, 4.69) is 4.74 Å². The smallest absolute Gasteiger partial charge is 0.429 e. The molecule has 0 aromatic heterocycles. The first-order chi connectivity index (χ1) is 9.29. The fraction of sp³-hybridized carbons (Fsp3) is 0.250. The van der Waals surface area contributed by atoms with Crippen LogP contribution in [0.25, 0.3) is 0 Å². The minimum Gasteiger partial charge on any atom is -0.429 e. The molecular formula is C16H15F3O. The molecule has 0 atom stereocenters. The van der Waals surface area contributed by atoms with E-state index in [-0.39, 0.29) is 5.75 Å². The molecule has 0 spiro atoms. The van der Waals surface area contributed by atoms with Crippen LogP contribution in [0.5, 0.6) is 5.75 Å². The van der Waals surface area contributed by atoms with Crippen LogP contribution in [0.15, 0.2) is 36.4 Å². The van der Waals surface area contributed by atoms with Crippen LogP contribution in [-0.4, -0.2) is 0 Å². The van der Waals surface area contributed by atoms with Gasteiger partial charge in [0.25, 0.3) is 0 Å². The first-order valence-electron chi connectivity index (χ1n) is 6.20. The van der Waals surface area contributed by atoms with E-state index in [9.17, 15) is 13.2 Å². The Labute approximate surface area is 116 Å². The summed E-state index contributed by atoms with van der Waals surface area (Å²) >= 11 is 0. The number of halogens is 3. The van der Waals surface area contributed by atoms with Crippen molar-refractivity contribution < 1.29 is 17.9 Å². The van der Waals surface area contributed by atoms with E-state index < -0.39 is 17.5 Å². The molecule has 0 aliphatic rings. The van der Waals surface area contributed by atoms with E-state index >= 15 is 0 Å². The maximum Gasteiger partial charge on any atom is 0.429 e. The molecule has 0 saturated carbocycles. The highest BCUT2D eigenvalue weighted by molar-refractivity contribution is 5.35. The van der Waals surface area contributed by atoms with Gasteiger partial charge in [0, 0.05) is 0 Å². The second-order valence-electron chi connectivity index (χ2n) is 4.85. The highest BCUT2D eigenvalue weighted by Crippen LogP contribution is 2.33. The maximum absolute atomic E-state index is 14.0. The molecule has 1 nitrogen and oxygen atoms in total. The largest absolute Gasteiger partial charge is 0.429 e. The summed E-state index contributed by atoms with van der Waals surface area (Å²) in [6.07, 6.45) is -3.71. The number of rotatable bonds is 3. The van der Waals surface area contributed by atoms with Crippen LogP contribution in [0.3, 0.4) is 0 Å². The van der Waals surface area contributed by atoms with Crippen LogP contribution in [0.2, 0.25) is 0 Å². The monoisotopic (exact) mass is 280 g/mol. The Morgan fingerprint density at radius 3 is 2.20 bits per heavy atom. The molecule has 0 unspecified atom stereocenters. The van der Waals surface area contributed by atoms with Crippen LogP contribution < -0.4 is 4.74 Å². The molecule has 20 heavy (non-hydrogen) atoms. The Morgan fingerprint density at radius 1 is 0.900 bits per heavy atom. The summed E-state index contributed by atoms with van der Waals surface area (Å²) in [5, 5.41) is 0. The van der Waals surface area contributed by atoms with Crippen LogP contribution in [-0.2, 0) is 6.11 Å². The predicted octanol–water partition coefficient (Wildman–Crippen LogP) is 4.88. The zero-order valence-electron chi connectivity index (χ0n) is 11.5. The van der Waals surface area contributed by atoms with Gasteiger partial charge in [-0.15, -0.1) is 0 Å². The molecular weight excluding hydrogens is 265 g/mol. The lowest BCUT2D eigenvalue weighted by molar-refractivity contribution is -0.187. The molecule has 0 aliphatic carbocycles. The number of aryl methyl sites for hydroxylation is 3. The fourth-order valence-electron chi connectivity index (χ4n) is 1.84. The molecule has 0 heterocycles. The summed E-state index contributed by atoms with van der Waals surface area (Å²) in [7, 11) is 0. The van der Waals surface area contributed by atoms with Gasteiger partial charge in [0.1, 0.15) is 11.6 Å². The molecule has 0 amide bonds. The SMILES string of the molecule is Cc1ccc(C(F)(F)Oc2ccc(C)c(C)c2)c(F)c1. The Bertz CT molecular complexity index is 636. The third-order valence-corrected chi connectivity index (χ3v) is 3.16. The van der Waals surface area contributed by atoms with Gasteiger partial charge in [0.05, 0.1) is 5.56 Å². The van der Waals surface area contributed by atoms with Crippen molar-refractivity contribution in [3.05, 3.63) is 64.5 Å². The highest BCUT2D eigenvalue weighted by Gasteiger charge is 2.37. The van der Waals surface area contributed by atoms with Crippen molar-refractivity contribution in [2.75, 3.05) is 0 Å². The van der Waals surface area contributed by atoms with E-state index in [0.29, 0.717) is 5.56 Å². The Hall–Kier alpha value is -1.97. The molecule has 106 valence electrons. The van der Waals surface area contributed by atoms with Crippen molar-refractivity contribution in [3.63, 3.8) is 0 Å². The molecule has 0 bridgehead atoms. The lowest BCUT2D eigenvalue weighted by atomic mass is 10.1. The predicted molar refractivity (Wildman–Crippen MR) is 71.6 cm³/mol. The van der Waals surface area contributed by atoms with Gasteiger partial charge in [-0.3, -0.25) is 0 Å². The first kappa shape index (κ1) is 14.4. The van der Waals surface area contributed by atoms with Gasteiger partial charge in [-0.2, -0.15) is 8.78 Å². The van der Waals surface area contributed by atoms with Crippen molar-refractivity contribution in [3.8, 4) is 5.75 Å². The third kappa shape index (κ3) is 2.95. The van der Waals surface area contributed by atoms with Crippen LogP contribution in [0, 0.1) is 26.6 Å². The molecule has 2 rings (SSSR count). The molecule has 0 N–H and O–H groups in total. The van der Waals surface area contributed by atoms with Crippen molar-refractivity contribution in [1.29, 1.82) is 0 Å². The average molecular weight is 280 g/mol. The van der Waals surface area contributed by atoms with Crippen molar-refractivity contribution in [2.45, 2.75) is 26.9 Å². The fourth-order valence-corrected chi connectivity index (χ4v) is 1.84. The lowest BCUT2D eigenvalue weighted by Crippen LogP contribution is -2.23. The van der Waals surface area contributed by atoms with Crippen LogP contribution >= 0.6 is 0 Å². The highest BCUT2D eigenvalue weighted by atomic mass is 19.3. The van der Waals surface area contributed by atoms with E-state index in [0.717, 1.165) is 23.3 Å². The number of benzene rings is 2. The Balaban J connectivity index is 2.32. The second kappa shape index (κ2) is 5.19. The Kier molecular flexibility index (Phi) is 3.75. The minimum atomic E-state index is -3.71. The van der Waals surface area contributed by atoms with Gasteiger partial charge >= 0.3 is 6.11 Å². The average Bonchev–Trinajstić information content (AvgIpc) is 2.33. The third-order valence-electron chi connectivity index (χ3n) is 3.16. The number of hydrogen-bond acceptors (Lipinski definition) is 1. The molecule has 0 aliphatic heterocycles. The summed E-state index contributed by atoms with van der Waals surface area (Å²) in [4.78, 5) is 0. The first-order valence-corrected chi connectivity index (χ1v) is 6.20. The lowest BCUT2D eigenvalue weighted by Gasteiger charge is -2.19. The van der Waals surface area contributed by atoms with Gasteiger partial charge in [0.2, 0.25) is 0 Å². The number of alkyl halides is 2. The van der Waals surface area contributed by atoms with Gasteiger partial charge < -0.3 is 4.74 Å². The van der Waals surface area contributed by atoms with Crippen LogP contribution in [0.1, 0.15) is 22.3 Å². The number of ether oxygens (including phenoxy) is 1. The zero-order valence-corrected chi connectivity index (χ0v) is 11.5. The quantitative estimate of drug-likeness (QED) is 0.778. The summed E-state index contributed by atoms with van der Waals surface area (Å²) in [5.41, 5.74) is 1.62. The topological polar surface area (TPSA) is 9.23 Å². The van der Waals surface area contributed by atoms with Crippen molar-refractivity contribution in [1.82, 2.24) is 0 Å². The molecule has 4 heteroatoms. The normalized spacial score (nSPS) is 11.5.